The van der Waals surface area contributed by atoms with E-state index in [1.165, 1.54) is 11.9 Å². The van der Waals surface area contributed by atoms with E-state index in [1.807, 2.05) is 37.3 Å². The zero-order chi connectivity index (χ0) is 15.4. The lowest BCUT2D eigenvalue weighted by molar-refractivity contribution is 0.213. The minimum atomic E-state index is 0.439. The van der Waals surface area contributed by atoms with Crippen LogP contribution >= 0.6 is 0 Å². The van der Waals surface area contributed by atoms with Gasteiger partial charge >= 0.3 is 0 Å². The van der Waals surface area contributed by atoms with E-state index in [-0.39, 0.29) is 0 Å². The Morgan fingerprint density at radius 1 is 0.909 bits per heavy atom. The zero-order valence-electron chi connectivity index (χ0n) is 12.7. The molecule has 0 spiro atoms. The van der Waals surface area contributed by atoms with Gasteiger partial charge in [-0.2, -0.15) is 0 Å². The Kier molecular flexibility index (Phi) is 4.19. The van der Waals surface area contributed by atoms with Gasteiger partial charge in [-0.25, -0.2) is 9.97 Å². The van der Waals surface area contributed by atoms with E-state index >= 15 is 0 Å². The van der Waals surface area contributed by atoms with Crippen LogP contribution in [0, 0.1) is 13.8 Å². The first-order valence-electron chi connectivity index (χ1n) is 7.26. The van der Waals surface area contributed by atoms with Crippen LogP contribution in [0.25, 0.3) is 10.9 Å². The maximum Gasteiger partial charge on any atom is 0.224 e. The third kappa shape index (κ3) is 3.17. The molecule has 4 nitrogen and oxygen atoms in total. The Labute approximate surface area is 129 Å². The molecule has 22 heavy (non-hydrogen) atoms. The molecule has 3 rings (SSSR count). The smallest absolute Gasteiger partial charge is 0.224 e. The Hall–Kier alpha value is -2.62. The monoisotopic (exact) mass is 294 g/mol. The van der Waals surface area contributed by atoms with Crippen LogP contribution in [-0.4, -0.2) is 23.2 Å². The van der Waals surface area contributed by atoms with Crippen molar-refractivity contribution < 1.29 is 9.47 Å². The van der Waals surface area contributed by atoms with Crippen LogP contribution < -0.4 is 9.47 Å². The van der Waals surface area contributed by atoms with Gasteiger partial charge in [-0.05, 0) is 43.2 Å². The quantitative estimate of drug-likeness (QED) is 0.673. The van der Waals surface area contributed by atoms with Gasteiger partial charge in [0.1, 0.15) is 25.3 Å². The maximum atomic E-state index is 5.78. The standard InChI is InChI=1S/C18H18N2O2/c1-13-7-8-14(2)17(11-13)21-9-10-22-18-15-5-3-4-6-16(15)19-12-20-18/h3-8,11-12H,9-10H2,1-2H3. The van der Waals surface area contributed by atoms with Crippen molar-refractivity contribution in [1.82, 2.24) is 9.97 Å². The molecule has 0 radical (unpaired) electrons. The highest BCUT2D eigenvalue weighted by Gasteiger charge is 2.04. The van der Waals surface area contributed by atoms with E-state index in [1.54, 1.807) is 0 Å². The molecule has 0 saturated carbocycles. The van der Waals surface area contributed by atoms with Crippen molar-refractivity contribution in [3.8, 4) is 11.6 Å². The molecule has 0 aliphatic rings. The van der Waals surface area contributed by atoms with Crippen molar-refractivity contribution in [1.29, 1.82) is 0 Å². The molecule has 0 unspecified atom stereocenters. The van der Waals surface area contributed by atoms with Gasteiger partial charge in [-0.15, -0.1) is 0 Å². The Bertz CT molecular complexity index is 782. The Morgan fingerprint density at radius 3 is 2.64 bits per heavy atom. The summed E-state index contributed by atoms with van der Waals surface area (Å²) < 4.78 is 11.5. The molecule has 0 fully saturated rings. The van der Waals surface area contributed by atoms with Gasteiger partial charge in [0.05, 0.1) is 10.9 Å². The molecule has 0 aliphatic carbocycles. The van der Waals surface area contributed by atoms with Gasteiger partial charge in [0, 0.05) is 0 Å². The van der Waals surface area contributed by atoms with Crippen molar-refractivity contribution in [2.75, 3.05) is 13.2 Å². The third-order valence-electron chi connectivity index (χ3n) is 3.43. The Morgan fingerprint density at radius 2 is 1.73 bits per heavy atom. The zero-order valence-corrected chi connectivity index (χ0v) is 12.7. The average Bonchev–Trinajstić information content (AvgIpc) is 2.54. The van der Waals surface area contributed by atoms with Crippen LogP contribution in [0.1, 0.15) is 11.1 Å². The summed E-state index contributed by atoms with van der Waals surface area (Å²) in [5.74, 6) is 1.49. The molecule has 2 aromatic carbocycles. The fraction of sp³-hybridized carbons (Fsp3) is 0.222. The van der Waals surface area contributed by atoms with Gasteiger partial charge < -0.3 is 9.47 Å². The van der Waals surface area contributed by atoms with E-state index in [4.69, 9.17) is 9.47 Å². The molecule has 0 bridgehead atoms. The van der Waals surface area contributed by atoms with Crippen molar-refractivity contribution in [3.05, 3.63) is 59.9 Å². The van der Waals surface area contributed by atoms with Gasteiger partial charge in [0.2, 0.25) is 5.88 Å². The molecule has 3 aromatic rings. The molecule has 1 aromatic heterocycles. The van der Waals surface area contributed by atoms with E-state index in [0.29, 0.717) is 19.1 Å². The van der Waals surface area contributed by atoms with Crippen LogP contribution in [0.2, 0.25) is 0 Å². The van der Waals surface area contributed by atoms with Gasteiger partial charge in [0.25, 0.3) is 0 Å². The molecule has 0 atom stereocenters. The van der Waals surface area contributed by atoms with Gasteiger partial charge in [-0.3, -0.25) is 0 Å². The van der Waals surface area contributed by atoms with Crippen LogP contribution in [-0.2, 0) is 0 Å². The number of aromatic nitrogens is 2. The molecule has 0 aliphatic heterocycles. The predicted molar refractivity (Wildman–Crippen MR) is 86.4 cm³/mol. The fourth-order valence-corrected chi connectivity index (χ4v) is 2.25. The summed E-state index contributed by atoms with van der Waals surface area (Å²) in [5.41, 5.74) is 3.18. The molecule has 0 N–H and O–H groups in total. The number of ether oxygens (including phenoxy) is 2. The summed E-state index contributed by atoms with van der Waals surface area (Å²) in [6.45, 7) is 5.00. The average molecular weight is 294 g/mol. The van der Waals surface area contributed by atoms with E-state index in [9.17, 15) is 0 Å². The number of rotatable bonds is 5. The summed E-state index contributed by atoms with van der Waals surface area (Å²) in [6, 6.07) is 14.0. The lowest BCUT2D eigenvalue weighted by Gasteiger charge is -2.11. The van der Waals surface area contributed by atoms with E-state index in [2.05, 4.69) is 29.0 Å². The summed E-state index contributed by atoms with van der Waals surface area (Å²) >= 11 is 0. The van der Waals surface area contributed by atoms with Crippen LogP contribution in [0.4, 0.5) is 0 Å². The second kappa shape index (κ2) is 6.43. The highest BCUT2D eigenvalue weighted by atomic mass is 16.5. The summed E-state index contributed by atoms with van der Waals surface area (Å²) in [5, 5.41) is 0.914. The van der Waals surface area contributed by atoms with Crippen LogP contribution in [0.3, 0.4) is 0 Å². The van der Waals surface area contributed by atoms with E-state index < -0.39 is 0 Å². The van der Waals surface area contributed by atoms with Crippen molar-refractivity contribution in [2.24, 2.45) is 0 Å². The first-order valence-corrected chi connectivity index (χ1v) is 7.26. The van der Waals surface area contributed by atoms with Crippen molar-refractivity contribution in [3.63, 3.8) is 0 Å². The SMILES string of the molecule is Cc1ccc(C)c(OCCOc2ncnc3ccccc23)c1. The minimum Gasteiger partial charge on any atom is -0.490 e. The van der Waals surface area contributed by atoms with Crippen LogP contribution in [0.15, 0.2) is 48.8 Å². The largest absolute Gasteiger partial charge is 0.490 e. The van der Waals surface area contributed by atoms with Crippen molar-refractivity contribution >= 4 is 10.9 Å². The lowest BCUT2D eigenvalue weighted by Crippen LogP contribution is -2.10. The Balaban J connectivity index is 1.62. The van der Waals surface area contributed by atoms with Gasteiger partial charge in [-0.1, -0.05) is 24.3 Å². The lowest BCUT2D eigenvalue weighted by atomic mass is 10.1. The second-order valence-electron chi connectivity index (χ2n) is 5.16. The summed E-state index contributed by atoms with van der Waals surface area (Å²) in [7, 11) is 0. The van der Waals surface area contributed by atoms with Gasteiger partial charge in [0.15, 0.2) is 0 Å². The number of fused-ring (bicyclic) bond motifs is 1. The highest BCUT2D eigenvalue weighted by molar-refractivity contribution is 5.82. The highest BCUT2D eigenvalue weighted by Crippen LogP contribution is 2.21. The predicted octanol–water partition coefficient (Wildman–Crippen LogP) is 3.70. The van der Waals surface area contributed by atoms with E-state index in [0.717, 1.165) is 22.2 Å². The molecular formula is C18H18N2O2. The number of benzene rings is 2. The summed E-state index contributed by atoms with van der Waals surface area (Å²) in [6.07, 6.45) is 1.52. The molecule has 0 saturated heterocycles. The third-order valence-corrected chi connectivity index (χ3v) is 3.43. The van der Waals surface area contributed by atoms with Crippen molar-refractivity contribution in [2.45, 2.75) is 13.8 Å². The number of hydrogen-bond donors (Lipinski definition) is 0. The molecule has 0 amide bonds. The number of nitrogens with zero attached hydrogens (tertiary/aromatic N) is 2. The first-order chi connectivity index (χ1) is 10.7. The molecular weight excluding hydrogens is 276 g/mol. The number of aryl methyl sites for hydroxylation is 2. The second-order valence-corrected chi connectivity index (χ2v) is 5.16. The topological polar surface area (TPSA) is 44.2 Å². The maximum absolute atomic E-state index is 5.78. The fourth-order valence-electron chi connectivity index (χ4n) is 2.25. The molecule has 4 heteroatoms. The number of hydrogen-bond acceptors (Lipinski definition) is 4. The normalized spacial score (nSPS) is 10.6. The molecule has 1 heterocycles. The summed E-state index contributed by atoms with van der Waals surface area (Å²) in [4.78, 5) is 8.41. The number of para-hydroxylation sites is 1. The first kappa shape index (κ1) is 14.3. The molecule has 112 valence electrons. The van der Waals surface area contributed by atoms with Crippen LogP contribution in [0.5, 0.6) is 11.6 Å². The minimum absolute atomic E-state index is 0.439.